The summed E-state index contributed by atoms with van der Waals surface area (Å²) >= 11 is 0. The van der Waals surface area contributed by atoms with Crippen molar-refractivity contribution in [2.24, 2.45) is 0 Å². The van der Waals surface area contributed by atoms with Gasteiger partial charge in [-0.05, 0) is 43.2 Å². The zero-order valence-corrected chi connectivity index (χ0v) is 17.5. The molecule has 0 fully saturated rings. The molecule has 0 unspecified atom stereocenters. The molecule has 160 valence electrons. The van der Waals surface area contributed by atoms with E-state index in [9.17, 15) is 14.7 Å². The minimum atomic E-state index is -0.901. The van der Waals surface area contributed by atoms with Crippen LogP contribution < -0.4 is 4.90 Å². The maximum atomic E-state index is 13.2. The first-order chi connectivity index (χ1) is 15.0. The van der Waals surface area contributed by atoms with Crippen molar-refractivity contribution in [3.63, 3.8) is 0 Å². The second-order valence-corrected chi connectivity index (χ2v) is 6.90. The number of carbonyl (C=O) groups excluding carboxylic acids is 2. The molecule has 0 radical (unpaired) electrons. The highest BCUT2D eigenvalue weighted by atomic mass is 16.6. The first kappa shape index (κ1) is 21.9. The summed E-state index contributed by atoms with van der Waals surface area (Å²) in [6.45, 7) is 3.60. The molecule has 0 saturated heterocycles. The number of rotatable bonds is 7. The molecule has 6 heteroatoms. The van der Waals surface area contributed by atoms with Gasteiger partial charge in [0.25, 0.3) is 0 Å². The molecule has 6 nitrogen and oxygen atoms in total. The van der Waals surface area contributed by atoms with Crippen LogP contribution in [0, 0.1) is 0 Å². The van der Waals surface area contributed by atoms with Gasteiger partial charge in [0, 0.05) is 5.56 Å². The predicted molar refractivity (Wildman–Crippen MR) is 119 cm³/mol. The lowest BCUT2D eigenvalue weighted by molar-refractivity contribution is -0.144. The maximum absolute atomic E-state index is 13.2. The number of anilines is 1. The fourth-order valence-corrected chi connectivity index (χ4v) is 3.19. The number of hydrogen-bond acceptors (Lipinski definition) is 5. The van der Waals surface area contributed by atoms with E-state index in [0.29, 0.717) is 5.69 Å². The van der Waals surface area contributed by atoms with E-state index in [1.165, 1.54) is 4.90 Å². The van der Waals surface area contributed by atoms with Gasteiger partial charge in [0.15, 0.2) is 0 Å². The average molecular weight is 419 g/mol. The van der Waals surface area contributed by atoms with Crippen molar-refractivity contribution in [3.8, 4) is 16.9 Å². The normalized spacial score (nSPS) is 11.4. The van der Waals surface area contributed by atoms with E-state index in [4.69, 9.17) is 9.47 Å². The van der Waals surface area contributed by atoms with E-state index >= 15 is 0 Å². The van der Waals surface area contributed by atoms with Crippen molar-refractivity contribution >= 4 is 17.7 Å². The Morgan fingerprint density at radius 2 is 1.55 bits per heavy atom. The number of ether oxygens (including phenoxy) is 2. The van der Waals surface area contributed by atoms with Crippen molar-refractivity contribution in [1.29, 1.82) is 0 Å². The molecule has 1 atom stereocenters. The van der Waals surface area contributed by atoms with Gasteiger partial charge in [0.1, 0.15) is 18.4 Å². The lowest BCUT2D eigenvalue weighted by Crippen LogP contribution is -2.45. The quantitative estimate of drug-likeness (QED) is 0.536. The molecule has 0 saturated carbocycles. The van der Waals surface area contributed by atoms with Crippen LogP contribution in [0.1, 0.15) is 19.4 Å². The van der Waals surface area contributed by atoms with Crippen LogP contribution in [0.4, 0.5) is 10.5 Å². The third-order valence-corrected chi connectivity index (χ3v) is 4.76. The lowest BCUT2D eigenvalue weighted by Gasteiger charge is -2.29. The SMILES string of the molecule is CCOC(=O)[C@H](C)N(C(=O)OCc1ccccc1)c1ccccc1-c1ccc(O)cc1. The molecule has 0 bridgehead atoms. The zero-order chi connectivity index (χ0) is 22.2. The van der Waals surface area contributed by atoms with E-state index in [1.807, 2.05) is 42.5 Å². The third kappa shape index (κ3) is 5.42. The van der Waals surface area contributed by atoms with E-state index in [0.717, 1.165) is 16.7 Å². The van der Waals surface area contributed by atoms with Gasteiger partial charge in [0.05, 0.1) is 12.3 Å². The molecule has 31 heavy (non-hydrogen) atoms. The summed E-state index contributed by atoms with van der Waals surface area (Å²) in [4.78, 5) is 27.0. The van der Waals surface area contributed by atoms with Gasteiger partial charge in [-0.2, -0.15) is 0 Å². The highest BCUT2D eigenvalue weighted by molar-refractivity contribution is 5.99. The fraction of sp³-hybridized carbons (Fsp3) is 0.200. The second kappa shape index (κ2) is 10.3. The second-order valence-electron chi connectivity index (χ2n) is 6.90. The van der Waals surface area contributed by atoms with Crippen molar-refractivity contribution in [2.45, 2.75) is 26.5 Å². The Morgan fingerprint density at radius 1 is 0.903 bits per heavy atom. The van der Waals surface area contributed by atoms with Gasteiger partial charge in [0.2, 0.25) is 0 Å². The van der Waals surface area contributed by atoms with Crippen LogP contribution in [0.25, 0.3) is 11.1 Å². The van der Waals surface area contributed by atoms with Crippen molar-refractivity contribution in [3.05, 3.63) is 84.4 Å². The highest BCUT2D eigenvalue weighted by Crippen LogP contribution is 2.33. The molecular weight excluding hydrogens is 394 g/mol. The highest BCUT2D eigenvalue weighted by Gasteiger charge is 2.31. The summed E-state index contributed by atoms with van der Waals surface area (Å²) in [5.41, 5.74) is 2.85. The Kier molecular flexibility index (Phi) is 7.27. The molecule has 1 amide bonds. The van der Waals surface area contributed by atoms with Crippen LogP contribution in [-0.2, 0) is 20.9 Å². The Balaban J connectivity index is 1.97. The molecule has 0 spiro atoms. The minimum absolute atomic E-state index is 0.0765. The molecule has 0 heterocycles. The Morgan fingerprint density at radius 3 is 2.23 bits per heavy atom. The number of nitrogens with zero attached hydrogens (tertiary/aromatic N) is 1. The molecule has 3 rings (SSSR count). The van der Waals surface area contributed by atoms with E-state index in [-0.39, 0.29) is 19.0 Å². The molecule has 3 aromatic carbocycles. The molecular formula is C25H25NO5. The summed E-state index contributed by atoms with van der Waals surface area (Å²) in [5.74, 6) is -0.389. The Bertz CT molecular complexity index is 1020. The van der Waals surface area contributed by atoms with Gasteiger partial charge in [-0.25, -0.2) is 9.59 Å². The first-order valence-corrected chi connectivity index (χ1v) is 10.1. The predicted octanol–water partition coefficient (Wildman–Crippen LogP) is 5.15. The number of para-hydroxylation sites is 1. The molecule has 0 aliphatic rings. The number of hydrogen-bond donors (Lipinski definition) is 1. The first-order valence-electron chi connectivity index (χ1n) is 10.1. The smallest absolute Gasteiger partial charge is 0.415 e. The molecule has 0 aliphatic carbocycles. The minimum Gasteiger partial charge on any atom is -0.508 e. The largest absolute Gasteiger partial charge is 0.508 e. The summed E-state index contributed by atoms with van der Waals surface area (Å²) in [5, 5.41) is 9.62. The lowest BCUT2D eigenvalue weighted by atomic mass is 10.0. The van der Waals surface area contributed by atoms with Gasteiger partial charge in [-0.15, -0.1) is 0 Å². The molecule has 0 aromatic heterocycles. The number of phenolic OH excluding ortho intramolecular Hbond substituents is 1. The van der Waals surface area contributed by atoms with Crippen LogP contribution in [0.3, 0.4) is 0 Å². The monoisotopic (exact) mass is 419 g/mol. The van der Waals surface area contributed by atoms with Crippen LogP contribution in [0.15, 0.2) is 78.9 Å². The van der Waals surface area contributed by atoms with Crippen molar-refractivity contribution in [2.75, 3.05) is 11.5 Å². The van der Waals surface area contributed by atoms with E-state index in [1.54, 1.807) is 50.2 Å². The third-order valence-electron chi connectivity index (χ3n) is 4.76. The van der Waals surface area contributed by atoms with Crippen LogP contribution >= 0.6 is 0 Å². The average Bonchev–Trinajstić information content (AvgIpc) is 2.79. The summed E-state index contributed by atoms with van der Waals surface area (Å²) < 4.78 is 10.7. The van der Waals surface area contributed by atoms with Crippen molar-refractivity contribution in [1.82, 2.24) is 0 Å². The van der Waals surface area contributed by atoms with Crippen LogP contribution in [-0.4, -0.2) is 29.8 Å². The molecule has 3 aromatic rings. The van der Waals surface area contributed by atoms with Gasteiger partial charge in [-0.1, -0.05) is 60.7 Å². The van der Waals surface area contributed by atoms with Crippen LogP contribution in [0.5, 0.6) is 5.75 Å². The van der Waals surface area contributed by atoms with Crippen molar-refractivity contribution < 1.29 is 24.2 Å². The summed E-state index contributed by atoms with van der Waals surface area (Å²) in [7, 11) is 0. The topological polar surface area (TPSA) is 76.1 Å². The Labute approximate surface area is 181 Å². The summed E-state index contributed by atoms with van der Waals surface area (Å²) in [6.07, 6.45) is -0.657. The number of benzene rings is 3. The fourth-order valence-electron chi connectivity index (χ4n) is 3.19. The van der Waals surface area contributed by atoms with Gasteiger partial charge in [-0.3, -0.25) is 4.90 Å². The molecule has 0 aliphatic heterocycles. The van der Waals surface area contributed by atoms with E-state index in [2.05, 4.69) is 0 Å². The standard InChI is InChI=1S/C25H25NO5/c1-3-30-24(28)18(2)26(25(29)31-17-19-9-5-4-6-10-19)23-12-8-7-11-22(23)20-13-15-21(27)16-14-20/h4-16,18,27H,3,17H2,1-2H3/t18-/m0/s1. The van der Waals surface area contributed by atoms with Crippen LogP contribution in [0.2, 0.25) is 0 Å². The number of aromatic hydroxyl groups is 1. The number of esters is 1. The number of carbonyl (C=O) groups is 2. The summed E-state index contributed by atoms with van der Waals surface area (Å²) in [6, 6.07) is 22.3. The van der Waals surface area contributed by atoms with E-state index < -0.39 is 18.1 Å². The number of phenols is 1. The maximum Gasteiger partial charge on any atom is 0.415 e. The van der Waals surface area contributed by atoms with Gasteiger partial charge >= 0.3 is 12.1 Å². The number of amides is 1. The molecule has 1 N–H and O–H groups in total. The van der Waals surface area contributed by atoms with Gasteiger partial charge < -0.3 is 14.6 Å². The Hall–Kier alpha value is -3.80. The zero-order valence-electron chi connectivity index (χ0n) is 17.5.